The van der Waals surface area contributed by atoms with E-state index < -0.39 is 0 Å². The van der Waals surface area contributed by atoms with Crippen molar-refractivity contribution < 1.29 is 0 Å². The van der Waals surface area contributed by atoms with Crippen LogP contribution in [0.2, 0.25) is 0 Å². The summed E-state index contributed by atoms with van der Waals surface area (Å²) in [6.45, 7) is 4.83. The summed E-state index contributed by atoms with van der Waals surface area (Å²) in [5, 5.41) is 0. The van der Waals surface area contributed by atoms with E-state index >= 15 is 0 Å². The molecule has 0 aliphatic heterocycles. The number of likely N-dealkylation sites (N-methyl/N-ethyl adjacent to an activating group) is 1. The minimum atomic E-state index is 0.210. The molecule has 0 aromatic heterocycles. The molecule has 1 atom stereocenters. The molecule has 2 rings (SSSR count). The Bertz CT molecular complexity index is 548. The van der Waals surface area contributed by atoms with E-state index in [1.807, 2.05) is 0 Å². The second kappa shape index (κ2) is 5.89. The summed E-state index contributed by atoms with van der Waals surface area (Å²) in [6.07, 6.45) is 0. The van der Waals surface area contributed by atoms with E-state index in [-0.39, 0.29) is 6.04 Å². The zero-order chi connectivity index (χ0) is 13.8. The monoisotopic (exact) mass is 254 g/mol. The van der Waals surface area contributed by atoms with Gasteiger partial charge in [0.05, 0.1) is 6.04 Å². The molecular weight excluding hydrogens is 232 g/mol. The number of hydrogen-bond donors (Lipinski definition) is 1. The number of nitrogens with two attached hydrogens (primary N) is 1. The van der Waals surface area contributed by atoms with Crippen molar-refractivity contribution in [2.75, 3.05) is 18.5 Å². The van der Waals surface area contributed by atoms with Gasteiger partial charge in [-0.25, -0.2) is 0 Å². The molecule has 0 aliphatic carbocycles. The van der Waals surface area contributed by atoms with Crippen molar-refractivity contribution >= 4 is 5.69 Å². The average molecular weight is 254 g/mol. The van der Waals surface area contributed by atoms with Gasteiger partial charge in [0.1, 0.15) is 0 Å². The Kier molecular flexibility index (Phi) is 4.23. The van der Waals surface area contributed by atoms with Crippen molar-refractivity contribution in [3.05, 3.63) is 65.2 Å². The van der Waals surface area contributed by atoms with Crippen molar-refractivity contribution in [2.45, 2.75) is 19.9 Å². The maximum atomic E-state index is 5.99. The van der Waals surface area contributed by atoms with Gasteiger partial charge >= 0.3 is 0 Å². The second-order valence-electron chi connectivity index (χ2n) is 5.12. The van der Waals surface area contributed by atoms with E-state index in [0.717, 1.165) is 0 Å². The summed E-state index contributed by atoms with van der Waals surface area (Å²) in [5.74, 6) is 0. The Hall–Kier alpha value is -1.80. The molecule has 0 fully saturated rings. The first kappa shape index (κ1) is 13.6. The average Bonchev–Trinajstić information content (AvgIpc) is 2.39. The molecule has 0 bridgehead atoms. The lowest BCUT2D eigenvalue weighted by Crippen LogP contribution is -2.30. The number of hydrogen-bond acceptors (Lipinski definition) is 2. The van der Waals surface area contributed by atoms with Gasteiger partial charge < -0.3 is 10.6 Å². The minimum absolute atomic E-state index is 0.210. The molecule has 0 spiro atoms. The van der Waals surface area contributed by atoms with Gasteiger partial charge in [0.2, 0.25) is 0 Å². The lowest BCUT2D eigenvalue weighted by atomic mass is 10.0. The fourth-order valence-corrected chi connectivity index (χ4v) is 2.42. The van der Waals surface area contributed by atoms with Crippen LogP contribution >= 0.6 is 0 Å². The Morgan fingerprint density at radius 2 is 1.63 bits per heavy atom. The zero-order valence-corrected chi connectivity index (χ0v) is 11.9. The number of anilines is 1. The molecule has 19 heavy (non-hydrogen) atoms. The number of nitrogens with zero attached hydrogens (tertiary/aromatic N) is 1. The van der Waals surface area contributed by atoms with Gasteiger partial charge in [0.15, 0.2) is 0 Å². The highest BCUT2D eigenvalue weighted by molar-refractivity contribution is 5.50. The SMILES string of the molecule is Cc1cccc(C(CN)N(C)c2cccc(C)c2)c1. The molecule has 0 heterocycles. The van der Waals surface area contributed by atoms with Crippen LogP contribution in [-0.2, 0) is 0 Å². The zero-order valence-electron chi connectivity index (χ0n) is 11.9. The largest absolute Gasteiger partial charge is 0.366 e. The van der Waals surface area contributed by atoms with Crippen molar-refractivity contribution in [1.82, 2.24) is 0 Å². The van der Waals surface area contributed by atoms with Crippen LogP contribution in [0.3, 0.4) is 0 Å². The predicted octanol–water partition coefficient (Wildman–Crippen LogP) is 3.44. The normalized spacial score (nSPS) is 12.2. The standard InChI is InChI=1S/C17H22N2/c1-13-6-4-8-15(10-13)17(12-18)19(3)16-9-5-7-14(2)11-16/h4-11,17H,12,18H2,1-3H3. The van der Waals surface area contributed by atoms with Crippen molar-refractivity contribution in [3.63, 3.8) is 0 Å². The Balaban J connectivity index is 2.31. The summed E-state index contributed by atoms with van der Waals surface area (Å²) in [7, 11) is 2.11. The van der Waals surface area contributed by atoms with Crippen LogP contribution < -0.4 is 10.6 Å². The minimum Gasteiger partial charge on any atom is -0.366 e. The van der Waals surface area contributed by atoms with Crippen molar-refractivity contribution in [3.8, 4) is 0 Å². The van der Waals surface area contributed by atoms with Gasteiger partial charge in [-0.15, -0.1) is 0 Å². The Labute approximate surface area is 115 Å². The Morgan fingerprint density at radius 1 is 1.00 bits per heavy atom. The van der Waals surface area contributed by atoms with E-state index in [0.29, 0.717) is 6.54 Å². The second-order valence-corrected chi connectivity index (χ2v) is 5.12. The van der Waals surface area contributed by atoms with E-state index in [4.69, 9.17) is 5.73 Å². The van der Waals surface area contributed by atoms with Crippen LogP contribution in [-0.4, -0.2) is 13.6 Å². The first-order chi connectivity index (χ1) is 9.11. The smallest absolute Gasteiger partial charge is 0.0661 e. The van der Waals surface area contributed by atoms with E-state index in [1.54, 1.807) is 0 Å². The number of rotatable bonds is 4. The maximum Gasteiger partial charge on any atom is 0.0661 e. The highest BCUT2D eigenvalue weighted by atomic mass is 15.1. The first-order valence-corrected chi connectivity index (χ1v) is 6.68. The first-order valence-electron chi connectivity index (χ1n) is 6.68. The summed E-state index contributed by atoms with van der Waals surface area (Å²) >= 11 is 0. The van der Waals surface area contributed by atoms with E-state index in [2.05, 4.69) is 74.3 Å². The molecule has 0 aliphatic rings. The predicted molar refractivity (Wildman–Crippen MR) is 82.6 cm³/mol. The van der Waals surface area contributed by atoms with Crippen molar-refractivity contribution in [1.29, 1.82) is 0 Å². The fraction of sp³-hybridized carbons (Fsp3) is 0.294. The van der Waals surface area contributed by atoms with Crippen LogP contribution in [0.4, 0.5) is 5.69 Å². The van der Waals surface area contributed by atoms with Crippen LogP contribution in [0.25, 0.3) is 0 Å². The van der Waals surface area contributed by atoms with Gasteiger partial charge in [-0.2, -0.15) is 0 Å². The van der Waals surface area contributed by atoms with Gasteiger partial charge in [-0.3, -0.25) is 0 Å². The van der Waals surface area contributed by atoms with Gasteiger partial charge in [0, 0.05) is 19.3 Å². The summed E-state index contributed by atoms with van der Waals surface area (Å²) in [4.78, 5) is 2.25. The molecule has 0 saturated carbocycles. The summed E-state index contributed by atoms with van der Waals surface area (Å²) in [6, 6.07) is 17.3. The molecule has 0 saturated heterocycles. The third kappa shape index (κ3) is 3.15. The van der Waals surface area contributed by atoms with Crippen LogP contribution in [0.15, 0.2) is 48.5 Å². The van der Waals surface area contributed by atoms with Crippen LogP contribution in [0, 0.1) is 13.8 Å². The number of aryl methyl sites for hydroxylation is 2. The molecular formula is C17H22N2. The van der Waals surface area contributed by atoms with E-state index in [1.165, 1.54) is 22.4 Å². The molecule has 2 aromatic carbocycles. The summed E-state index contributed by atoms with van der Waals surface area (Å²) in [5.41, 5.74) is 11.0. The fourth-order valence-electron chi connectivity index (χ4n) is 2.42. The third-order valence-electron chi connectivity index (χ3n) is 3.53. The molecule has 1 unspecified atom stereocenters. The molecule has 2 heteroatoms. The Morgan fingerprint density at radius 3 is 2.21 bits per heavy atom. The van der Waals surface area contributed by atoms with Gasteiger partial charge in [-0.1, -0.05) is 42.0 Å². The van der Waals surface area contributed by atoms with Crippen LogP contribution in [0.1, 0.15) is 22.7 Å². The molecule has 0 amide bonds. The molecule has 2 aromatic rings. The quantitative estimate of drug-likeness (QED) is 0.905. The van der Waals surface area contributed by atoms with Gasteiger partial charge in [-0.05, 0) is 37.1 Å². The lowest BCUT2D eigenvalue weighted by Gasteiger charge is -2.30. The van der Waals surface area contributed by atoms with Crippen LogP contribution in [0.5, 0.6) is 0 Å². The third-order valence-corrected chi connectivity index (χ3v) is 3.53. The molecule has 0 radical (unpaired) electrons. The van der Waals surface area contributed by atoms with Gasteiger partial charge in [0.25, 0.3) is 0 Å². The molecule has 2 nitrogen and oxygen atoms in total. The van der Waals surface area contributed by atoms with Crippen molar-refractivity contribution in [2.24, 2.45) is 5.73 Å². The van der Waals surface area contributed by atoms with E-state index in [9.17, 15) is 0 Å². The number of benzene rings is 2. The molecule has 2 N–H and O–H groups in total. The maximum absolute atomic E-state index is 5.99. The summed E-state index contributed by atoms with van der Waals surface area (Å²) < 4.78 is 0. The molecule has 100 valence electrons. The lowest BCUT2D eigenvalue weighted by molar-refractivity contribution is 0.680. The highest BCUT2D eigenvalue weighted by Gasteiger charge is 2.16. The topological polar surface area (TPSA) is 29.3 Å². The highest BCUT2D eigenvalue weighted by Crippen LogP contribution is 2.25.